The van der Waals surface area contributed by atoms with Crippen LogP contribution in [0.25, 0.3) is 0 Å². The Hall–Kier alpha value is -0.370. The summed E-state index contributed by atoms with van der Waals surface area (Å²) in [6.45, 7) is 6.59. The highest BCUT2D eigenvalue weighted by Gasteiger charge is 2.11. The van der Waals surface area contributed by atoms with Gasteiger partial charge in [0.15, 0.2) is 0 Å². The summed E-state index contributed by atoms with van der Waals surface area (Å²) in [5, 5.41) is 0. The van der Waals surface area contributed by atoms with Crippen molar-refractivity contribution in [3.8, 4) is 0 Å². The first-order valence-electron chi connectivity index (χ1n) is 4.19. The summed E-state index contributed by atoms with van der Waals surface area (Å²) in [6, 6.07) is 0. The lowest BCUT2D eigenvalue weighted by atomic mass is 10.0. The van der Waals surface area contributed by atoms with Crippen LogP contribution >= 0.6 is 11.3 Å². The van der Waals surface area contributed by atoms with Crippen LogP contribution in [0, 0.1) is 6.92 Å². The van der Waals surface area contributed by atoms with Gasteiger partial charge >= 0.3 is 0 Å². The number of hydrogen-bond acceptors (Lipinski definition) is 2. The van der Waals surface area contributed by atoms with E-state index in [2.05, 4.69) is 25.8 Å². The molecule has 0 aliphatic rings. The van der Waals surface area contributed by atoms with Crippen LogP contribution in [0.3, 0.4) is 0 Å². The van der Waals surface area contributed by atoms with Crippen molar-refractivity contribution >= 4 is 11.3 Å². The molecule has 62 valence electrons. The fourth-order valence-corrected chi connectivity index (χ4v) is 2.44. The van der Waals surface area contributed by atoms with Crippen LogP contribution in [0.15, 0.2) is 5.51 Å². The molecule has 0 fully saturated rings. The number of thiazole rings is 1. The third-order valence-electron chi connectivity index (χ3n) is 2.14. The van der Waals surface area contributed by atoms with Crippen LogP contribution in [0.1, 0.15) is 43.2 Å². The Bertz CT molecular complexity index is 213. The molecule has 11 heavy (non-hydrogen) atoms. The molecule has 0 unspecified atom stereocenters. The number of aromatic nitrogens is 1. The highest BCUT2D eigenvalue weighted by Crippen LogP contribution is 2.28. The zero-order chi connectivity index (χ0) is 8.27. The van der Waals surface area contributed by atoms with Gasteiger partial charge in [0, 0.05) is 4.88 Å². The standard InChI is InChI=1S/C9H15NS/c1-4-8(5-2)9-7(3)10-6-11-9/h6,8H,4-5H2,1-3H3. The maximum atomic E-state index is 4.25. The average Bonchev–Trinajstić information content (AvgIpc) is 2.40. The SMILES string of the molecule is CCC(CC)c1scnc1C. The summed E-state index contributed by atoms with van der Waals surface area (Å²) < 4.78 is 0. The van der Waals surface area contributed by atoms with Crippen molar-refractivity contribution in [2.24, 2.45) is 0 Å². The Morgan fingerprint density at radius 3 is 2.45 bits per heavy atom. The molecule has 0 saturated heterocycles. The lowest BCUT2D eigenvalue weighted by molar-refractivity contribution is 0.648. The molecular weight excluding hydrogens is 154 g/mol. The molecule has 0 atom stereocenters. The van der Waals surface area contributed by atoms with Crippen molar-refractivity contribution in [2.45, 2.75) is 39.5 Å². The molecule has 1 aromatic rings. The van der Waals surface area contributed by atoms with Gasteiger partial charge < -0.3 is 0 Å². The van der Waals surface area contributed by atoms with Gasteiger partial charge in [-0.1, -0.05) is 13.8 Å². The molecule has 0 bridgehead atoms. The molecule has 1 heterocycles. The molecule has 0 aliphatic carbocycles. The van der Waals surface area contributed by atoms with Crippen molar-refractivity contribution < 1.29 is 0 Å². The first kappa shape index (κ1) is 8.72. The van der Waals surface area contributed by atoms with Gasteiger partial charge in [-0.15, -0.1) is 11.3 Å². The average molecular weight is 169 g/mol. The second-order valence-electron chi connectivity index (χ2n) is 2.82. The van der Waals surface area contributed by atoms with E-state index in [0.29, 0.717) is 0 Å². The molecule has 0 amide bonds. The minimum Gasteiger partial charge on any atom is -0.250 e. The van der Waals surface area contributed by atoms with Crippen molar-refractivity contribution in [3.05, 3.63) is 16.1 Å². The molecule has 0 saturated carbocycles. The summed E-state index contributed by atoms with van der Waals surface area (Å²) in [6.07, 6.45) is 2.47. The van der Waals surface area contributed by atoms with Gasteiger partial charge in [-0.2, -0.15) is 0 Å². The van der Waals surface area contributed by atoms with Crippen molar-refractivity contribution in [3.63, 3.8) is 0 Å². The van der Waals surface area contributed by atoms with E-state index in [0.717, 1.165) is 5.92 Å². The van der Waals surface area contributed by atoms with Crippen molar-refractivity contribution in [1.82, 2.24) is 4.98 Å². The van der Waals surface area contributed by atoms with Gasteiger partial charge in [0.2, 0.25) is 0 Å². The molecule has 1 aromatic heterocycles. The van der Waals surface area contributed by atoms with Gasteiger partial charge in [-0.3, -0.25) is 0 Å². The summed E-state index contributed by atoms with van der Waals surface area (Å²) in [5.41, 5.74) is 3.17. The Kier molecular flexibility index (Phi) is 3.06. The van der Waals surface area contributed by atoms with Crippen molar-refractivity contribution in [2.75, 3.05) is 0 Å². The summed E-state index contributed by atoms with van der Waals surface area (Å²) >= 11 is 1.80. The van der Waals surface area contributed by atoms with Crippen molar-refractivity contribution in [1.29, 1.82) is 0 Å². The molecule has 0 N–H and O–H groups in total. The lowest BCUT2D eigenvalue weighted by Gasteiger charge is -2.09. The maximum absolute atomic E-state index is 4.25. The smallest absolute Gasteiger partial charge is 0.0797 e. The normalized spacial score (nSPS) is 10.9. The largest absolute Gasteiger partial charge is 0.250 e. The summed E-state index contributed by atoms with van der Waals surface area (Å²) in [7, 11) is 0. The molecule has 0 aromatic carbocycles. The van der Waals surface area contributed by atoms with Crippen LogP contribution < -0.4 is 0 Å². The highest BCUT2D eigenvalue weighted by molar-refractivity contribution is 7.09. The van der Waals surface area contributed by atoms with E-state index in [1.165, 1.54) is 23.4 Å². The Labute approximate surface area is 72.5 Å². The first-order chi connectivity index (χ1) is 5.29. The molecule has 0 radical (unpaired) electrons. The molecule has 0 spiro atoms. The minimum atomic E-state index is 0.738. The minimum absolute atomic E-state index is 0.738. The van der Waals surface area contributed by atoms with Gasteiger partial charge in [0.05, 0.1) is 11.2 Å². The van der Waals surface area contributed by atoms with Crippen LogP contribution in [0.2, 0.25) is 0 Å². The van der Waals surface area contributed by atoms with Gasteiger partial charge in [-0.05, 0) is 25.7 Å². The van der Waals surface area contributed by atoms with E-state index in [4.69, 9.17) is 0 Å². The Balaban J connectivity index is 2.81. The predicted octanol–water partition coefficient (Wildman–Crippen LogP) is 3.36. The lowest BCUT2D eigenvalue weighted by Crippen LogP contribution is -1.94. The fourth-order valence-electron chi connectivity index (χ4n) is 1.36. The zero-order valence-electron chi connectivity index (χ0n) is 7.42. The monoisotopic (exact) mass is 169 g/mol. The number of hydrogen-bond donors (Lipinski definition) is 0. The molecule has 0 aliphatic heterocycles. The van der Waals surface area contributed by atoms with E-state index in [1.54, 1.807) is 11.3 Å². The van der Waals surface area contributed by atoms with Gasteiger partial charge in [0.1, 0.15) is 0 Å². The summed E-state index contributed by atoms with van der Waals surface area (Å²) in [4.78, 5) is 5.73. The molecular formula is C9H15NS. The zero-order valence-corrected chi connectivity index (χ0v) is 8.24. The second-order valence-corrected chi connectivity index (χ2v) is 3.70. The molecule has 1 nitrogen and oxygen atoms in total. The van der Waals surface area contributed by atoms with Crippen LogP contribution in [0.4, 0.5) is 0 Å². The van der Waals surface area contributed by atoms with E-state index in [-0.39, 0.29) is 0 Å². The fraction of sp³-hybridized carbons (Fsp3) is 0.667. The van der Waals surface area contributed by atoms with E-state index in [9.17, 15) is 0 Å². The van der Waals surface area contributed by atoms with Crippen LogP contribution in [0.5, 0.6) is 0 Å². The Morgan fingerprint density at radius 1 is 1.45 bits per heavy atom. The van der Waals surface area contributed by atoms with E-state index < -0.39 is 0 Å². The molecule has 1 rings (SSSR count). The highest BCUT2D eigenvalue weighted by atomic mass is 32.1. The Morgan fingerprint density at radius 2 is 2.09 bits per heavy atom. The third kappa shape index (κ3) is 1.80. The quantitative estimate of drug-likeness (QED) is 0.676. The summed E-state index contributed by atoms with van der Waals surface area (Å²) in [5.74, 6) is 0.738. The van der Waals surface area contributed by atoms with E-state index in [1.807, 2.05) is 5.51 Å². The number of aryl methyl sites for hydroxylation is 1. The second kappa shape index (κ2) is 3.86. The van der Waals surface area contributed by atoms with Gasteiger partial charge in [-0.25, -0.2) is 4.98 Å². The predicted molar refractivity (Wildman–Crippen MR) is 50.2 cm³/mol. The van der Waals surface area contributed by atoms with Crippen LogP contribution in [-0.4, -0.2) is 4.98 Å². The van der Waals surface area contributed by atoms with E-state index >= 15 is 0 Å². The van der Waals surface area contributed by atoms with Crippen LogP contribution in [-0.2, 0) is 0 Å². The topological polar surface area (TPSA) is 12.9 Å². The number of nitrogens with zero attached hydrogens (tertiary/aromatic N) is 1. The number of rotatable bonds is 3. The van der Waals surface area contributed by atoms with Gasteiger partial charge in [0.25, 0.3) is 0 Å². The first-order valence-corrected chi connectivity index (χ1v) is 5.07. The third-order valence-corrected chi connectivity index (χ3v) is 3.23. The maximum Gasteiger partial charge on any atom is 0.0797 e. The molecule has 2 heteroatoms.